The molecule has 1 aromatic heterocycles. The maximum atomic E-state index is 13.4. The Morgan fingerprint density at radius 2 is 1.97 bits per heavy atom. The van der Waals surface area contributed by atoms with Crippen LogP contribution in [0, 0.1) is 29.6 Å². The lowest BCUT2D eigenvalue weighted by Crippen LogP contribution is -2.48. The Kier molecular flexibility index (Phi) is 5.50. The van der Waals surface area contributed by atoms with Gasteiger partial charge in [0.05, 0.1) is 18.1 Å². The smallest absolute Gasteiger partial charge is 0.416 e. The van der Waals surface area contributed by atoms with Gasteiger partial charge in [-0.25, -0.2) is 0 Å². The van der Waals surface area contributed by atoms with Gasteiger partial charge in [-0.15, -0.1) is 0 Å². The molecule has 32 heavy (non-hydrogen) atoms. The van der Waals surface area contributed by atoms with Crippen LogP contribution in [0.4, 0.5) is 13.2 Å². The molecule has 1 N–H and O–H groups in total. The fourth-order valence-corrected chi connectivity index (χ4v) is 6.22. The molecule has 0 spiro atoms. The highest BCUT2D eigenvalue weighted by Gasteiger charge is 2.53. The second-order valence-corrected chi connectivity index (χ2v) is 10.2. The van der Waals surface area contributed by atoms with E-state index in [1.54, 1.807) is 0 Å². The lowest BCUT2D eigenvalue weighted by Gasteiger charge is -2.53. The average molecular weight is 448 g/mol. The number of allylic oxidation sites excluding steroid dienone is 2. The van der Waals surface area contributed by atoms with Gasteiger partial charge >= 0.3 is 12.1 Å². The molecule has 174 valence electrons. The van der Waals surface area contributed by atoms with Gasteiger partial charge in [0.1, 0.15) is 0 Å². The first-order valence-corrected chi connectivity index (χ1v) is 11.4. The Morgan fingerprint density at radius 1 is 1.25 bits per heavy atom. The van der Waals surface area contributed by atoms with Crippen LogP contribution in [0.3, 0.4) is 0 Å². The first kappa shape index (κ1) is 22.9. The third-order valence-electron chi connectivity index (χ3n) is 8.45. The predicted octanol–water partition coefficient (Wildman–Crippen LogP) is 6.99. The Hall–Kier alpha value is -2.24. The molecular formula is C26H32F3NO2. The zero-order chi connectivity index (χ0) is 23.5. The van der Waals surface area contributed by atoms with E-state index in [1.807, 2.05) is 13.8 Å². The van der Waals surface area contributed by atoms with E-state index < -0.39 is 17.2 Å². The number of fused-ring (bicyclic) bond motifs is 2. The number of aryl methyl sites for hydroxylation is 1. The second-order valence-electron chi connectivity index (χ2n) is 10.2. The third-order valence-corrected chi connectivity index (χ3v) is 8.45. The Morgan fingerprint density at radius 3 is 2.62 bits per heavy atom. The van der Waals surface area contributed by atoms with Gasteiger partial charge in [0.15, 0.2) is 0 Å². The molecule has 0 bridgehead atoms. The van der Waals surface area contributed by atoms with Gasteiger partial charge in [0.25, 0.3) is 0 Å². The van der Waals surface area contributed by atoms with Crippen molar-refractivity contribution in [2.45, 2.75) is 66.0 Å². The highest BCUT2D eigenvalue weighted by atomic mass is 19.4. The van der Waals surface area contributed by atoms with Crippen LogP contribution in [0.1, 0.15) is 63.3 Å². The minimum absolute atomic E-state index is 0.0983. The number of carbonyl (C=O) groups is 1. The standard InChI is InChI=1S/C26H32F3NO2/c1-15-8-10-21-20(7-6-12-24(21,3)23(31)32-5)25(15,4)14-19-16(2)30-22-11-9-17(13-18(19)22)26(27,28)29/h7,9,11,13,15,21,30H,6,8,10,12,14H2,1-5H3/t15-,21+,24+,25+/m1/s1. The van der Waals surface area contributed by atoms with Gasteiger partial charge in [0, 0.05) is 16.6 Å². The molecule has 0 aliphatic heterocycles. The molecule has 2 aromatic rings. The zero-order valence-corrected chi connectivity index (χ0v) is 19.5. The van der Waals surface area contributed by atoms with Gasteiger partial charge in [-0.1, -0.05) is 25.5 Å². The van der Waals surface area contributed by atoms with Crippen molar-refractivity contribution in [3.63, 3.8) is 0 Å². The number of aromatic amines is 1. The van der Waals surface area contributed by atoms with Crippen molar-refractivity contribution in [2.75, 3.05) is 7.11 Å². The van der Waals surface area contributed by atoms with Crippen molar-refractivity contribution in [1.82, 2.24) is 4.98 Å². The Labute approximate surface area is 187 Å². The number of methoxy groups -OCH3 is 1. The summed E-state index contributed by atoms with van der Waals surface area (Å²) in [6.45, 7) is 8.40. The molecule has 4 atom stereocenters. The summed E-state index contributed by atoms with van der Waals surface area (Å²) in [4.78, 5) is 16.0. The number of hydrogen-bond donors (Lipinski definition) is 1. The van der Waals surface area contributed by atoms with Crippen LogP contribution in [0.15, 0.2) is 29.8 Å². The number of H-pyrrole nitrogens is 1. The van der Waals surface area contributed by atoms with E-state index in [-0.39, 0.29) is 17.3 Å². The number of benzene rings is 1. The molecule has 0 saturated heterocycles. The summed E-state index contributed by atoms with van der Waals surface area (Å²) in [5.41, 5.74) is 2.42. The normalized spacial score (nSPS) is 30.7. The van der Waals surface area contributed by atoms with Crippen LogP contribution >= 0.6 is 0 Å². The van der Waals surface area contributed by atoms with E-state index in [4.69, 9.17) is 4.74 Å². The molecule has 3 nitrogen and oxygen atoms in total. The summed E-state index contributed by atoms with van der Waals surface area (Å²) in [6, 6.07) is 3.93. The fraction of sp³-hybridized carbons (Fsp3) is 0.577. The molecule has 0 radical (unpaired) electrons. The molecule has 6 heteroatoms. The molecule has 1 saturated carbocycles. The number of aromatic nitrogens is 1. The van der Waals surface area contributed by atoms with Crippen molar-refractivity contribution < 1.29 is 22.7 Å². The van der Waals surface area contributed by atoms with Crippen molar-refractivity contribution in [1.29, 1.82) is 0 Å². The van der Waals surface area contributed by atoms with Crippen LogP contribution in [-0.2, 0) is 22.1 Å². The van der Waals surface area contributed by atoms with E-state index in [1.165, 1.54) is 24.8 Å². The maximum absolute atomic E-state index is 13.4. The van der Waals surface area contributed by atoms with Gasteiger partial charge in [-0.05, 0) is 87.0 Å². The lowest BCUT2D eigenvalue weighted by atomic mass is 9.51. The fourth-order valence-electron chi connectivity index (χ4n) is 6.22. The first-order valence-electron chi connectivity index (χ1n) is 11.4. The van der Waals surface area contributed by atoms with Crippen LogP contribution in [0.25, 0.3) is 10.9 Å². The van der Waals surface area contributed by atoms with Crippen LogP contribution in [-0.4, -0.2) is 18.1 Å². The molecule has 1 heterocycles. The van der Waals surface area contributed by atoms with E-state index in [9.17, 15) is 18.0 Å². The Bertz CT molecular complexity index is 1080. The number of hydrogen-bond acceptors (Lipinski definition) is 2. The van der Waals surface area contributed by atoms with Gasteiger partial charge < -0.3 is 9.72 Å². The summed E-state index contributed by atoms with van der Waals surface area (Å²) in [6.07, 6.45) is 2.03. The SMILES string of the molecule is COC(=O)[C@@]1(C)CCC=C2[C@@H]1CC[C@@H](C)[C@]2(C)Cc1c(C)[nH]c2ccc(C(F)(F)F)cc12. The number of halogens is 3. The summed E-state index contributed by atoms with van der Waals surface area (Å²) in [5.74, 6) is 0.282. The molecule has 1 aromatic carbocycles. The number of carbonyl (C=O) groups excluding carboxylic acids is 1. The number of rotatable bonds is 3. The molecule has 1 fully saturated rings. The number of alkyl halides is 3. The van der Waals surface area contributed by atoms with Gasteiger partial charge in [-0.2, -0.15) is 13.2 Å². The van der Waals surface area contributed by atoms with Crippen molar-refractivity contribution in [3.8, 4) is 0 Å². The highest BCUT2D eigenvalue weighted by Crippen LogP contribution is 2.58. The third kappa shape index (κ3) is 3.46. The van der Waals surface area contributed by atoms with Gasteiger partial charge in [0.2, 0.25) is 0 Å². The molecular weight excluding hydrogens is 415 g/mol. The second kappa shape index (κ2) is 7.67. The van der Waals surface area contributed by atoms with Crippen LogP contribution in [0.5, 0.6) is 0 Å². The van der Waals surface area contributed by atoms with E-state index >= 15 is 0 Å². The molecule has 2 aliphatic rings. The minimum atomic E-state index is -4.38. The molecule has 4 rings (SSSR count). The first-order chi connectivity index (χ1) is 14.9. The number of ether oxygens (including phenoxy) is 1. The topological polar surface area (TPSA) is 42.1 Å². The highest BCUT2D eigenvalue weighted by molar-refractivity contribution is 5.85. The van der Waals surface area contributed by atoms with Crippen molar-refractivity contribution >= 4 is 16.9 Å². The molecule has 2 aliphatic carbocycles. The van der Waals surface area contributed by atoms with Crippen molar-refractivity contribution in [3.05, 3.63) is 46.7 Å². The summed E-state index contributed by atoms with van der Waals surface area (Å²) < 4.78 is 45.4. The largest absolute Gasteiger partial charge is 0.469 e. The summed E-state index contributed by atoms with van der Waals surface area (Å²) in [7, 11) is 1.45. The monoisotopic (exact) mass is 447 g/mol. The molecule has 0 amide bonds. The number of nitrogens with one attached hydrogen (secondary N) is 1. The van der Waals surface area contributed by atoms with E-state index in [0.717, 1.165) is 48.5 Å². The summed E-state index contributed by atoms with van der Waals surface area (Å²) in [5, 5.41) is 0.639. The van der Waals surface area contributed by atoms with Crippen LogP contribution in [0.2, 0.25) is 0 Å². The van der Waals surface area contributed by atoms with Gasteiger partial charge in [-0.3, -0.25) is 4.79 Å². The van der Waals surface area contributed by atoms with Crippen LogP contribution < -0.4 is 0 Å². The minimum Gasteiger partial charge on any atom is -0.469 e. The van der Waals surface area contributed by atoms with E-state index in [2.05, 4.69) is 24.9 Å². The van der Waals surface area contributed by atoms with Crippen molar-refractivity contribution in [2.24, 2.45) is 22.7 Å². The van der Waals surface area contributed by atoms with E-state index in [0.29, 0.717) is 17.7 Å². The quantitative estimate of drug-likeness (QED) is 0.407. The average Bonchev–Trinajstić information content (AvgIpc) is 3.04. The molecule has 0 unspecified atom stereocenters. The number of esters is 1. The lowest BCUT2D eigenvalue weighted by molar-refractivity contribution is -0.156. The summed E-state index contributed by atoms with van der Waals surface area (Å²) >= 11 is 0. The zero-order valence-electron chi connectivity index (χ0n) is 19.5. The Balaban J connectivity index is 1.79. The maximum Gasteiger partial charge on any atom is 0.416 e. The predicted molar refractivity (Wildman–Crippen MR) is 119 cm³/mol.